The number of nitrogens with one attached hydrogen (secondary N) is 2. The smallest absolute Gasteiger partial charge is 0.308 e. The highest BCUT2D eigenvalue weighted by Gasteiger charge is 2.34. The second-order valence-corrected chi connectivity index (χ2v) is 9.18. The van der Waals surface area contributed by atoms with Crippen molar-refractivity contribution in [3.63, 3.8) is 0 Å². The van der Waals surface area contributed by atoms with Gasteiger partial charge in [0, 0.05) is 25.3 Å². The number of hydrogen-bond acceptors (Lipinski definition) is 7. The van der Waals surface area contributed by atoms with E-state index in [-0.39, 0.29) is 30.7 Å². The Hall–Kier alpha value is -2.24. The van der Waals surface area contributed by atoms with Gasteiger partial charge in [-0.1, -0.05) is 26.2 Å². The first kappa shape index (κ1) is 29.0. The SMILES string of the molecule is CCCCCCOc1ccc(C(=O)NC(=S)N2CCNC(=O)C2CC(=O)OCCOCC)cc1Br. The van der Waals surface area contributed by atoms with Gasteiger partial charge >= 0.3 is 5.97 Å². The van der Waals surface area contributed by atoms with Crippen molar-refractivity contribution in [1.82, 2.24) is 15.5 Å². The fourth-order valence-corrected chi connectivity index (χ4v) is 4.25. The fourth-order valence-electron chi connectivity index (χ4n) is 3.45. The predicted molar refractivity (Wildman–Crippen MR) is 139 cm³/mol. The molecule has 1 unspecified atom stereocenters. The normalized spacial score (nSPS) is 15.3. The third kappa shape index (κ3) is 9.73. The van der Waals surface area contributed by atoms with E-state index in [9.17, 15) is 14.4 Å². The standard InChI is InChI=1S/C24H34BrN3O6S/c1-3-5-6-7-12-33-20-9-8-17(15-18(20)25)22(30)27-24(35)28-11-10-26-23(31)19(28)16-21(29)34-14-13-32-4-2/h8-9,15,19H,3-7,10-14,16H2,1-2H3,(H,26,31)(H,27,30,35). The molecule has 2 N–H and O–H groups in total. The van der Waals surface area contributed by atoms with Crippen molar-refractivity contribution in [2.45, 2.75) is 52.0 Å². The minimum atomic E-state index is -0.869. The zero-order valence-electron chi connectivity index (χ0n) is 20.3. The van der Waals surface area contributed by atoms with Gasteiger partial charge in [0.05, 0.1) is 24.1 Å². The van der Waals surface area contributed by atoms with Gasteiger partial charge in [-0.2, -0.15) is 0 Å². The molecule has 2 rings (SSSR count). The average Bonchev–Trinajstić information content (AvgIpc) is 2.83. The third-order valence-corrected chi connectivity index (χ3v) is 6.27. The van der Waals surface area contributed by atoms with Crippen LogP contribution in [0.1, 0.15) is 56.3 Å². The van der Waals surface area contributed by atoms with E-state index in [4.69, 9.17) is 26.4 Å². The van der Waals surface area contributed by atoms with Crippen LogP contribution in [-0.4, -0.2) is 73.4 Å². The summed E-state index contributed by atoms with van der Waals surface area (Å²) in [5.74, 6) is -0.650. The van der Waals surface area contributed by atoms with Crippen molar-refractivity contribution in [3.05, 3.63) is 28.2 Å². The maximum atomic E-state index is 12.8. The summed E-state index contributed by atoms with van der Waals surface area (Å²) in [5.41, 5.74) is 0.380. The van der Waals surface area contributed by atoms with Gasteiger partial charge in [-0.3, -0.25) is 19.7 Å². The van der Waals surface area contributed by atoms with Crippen LogP contribution in [0.2, 0.25) is 0 Å². The van der Waals surface area contributed by atoms with Crippen LogP contribution in [0.4, 0.5) is 0 Å². The van der Waals surface area contributed by atoms with Crippen LogP contribution < -0.4 is 15.4 Å². The number of nitrogens with zero attached hydrogens (tertiary/aromatic N) is 1. The van der Waals surface area contributed by atoms with Gasteiger partial charge in [0.1, 0.15) is 18.4 Å². The molecule has 1 aromatic rings. The van der Waals surface area contributed by atoms with Gasteiger partial charge < -0.3 is 24.4 Å². The molecule has 9 nitrogen and oxygen atoms in total. The van der Waals surface area contributed by atoms with E-state index in [2.05, 4.69) is 33.5 Å². The lowest BCUT2D eigenvalue weighted by Crippen LogP contribution is -2.60. The van der Waals surface area contributed by atoms with Gasteiger partial charge in [-0.15, -0.1) is 0 Å². The number of ether oxygens (including phenoxy) is 3. The van der Waals surface area contributed by atoms with Crippen LogP contribution in [0.15, 0.2) is 22.7 Å². The summed E-state index contributed by atoms with van der Waals surface area (Å²) in [4.78, 5) is 39.0. The van der Waals surface area contributed by atoms with Crippen molar-refractivity contribution < 1.29 is 28.6 Å². The van der Waals surface area contributed by atoms with Gasteiger partial charge in [-0.05, 0) is 59.7 Å². The molecule has 1 aromatic carbocycles. The number of unbranched alkanes of at least 4 members (excludes halogenated alkanes) is 3. The van der Waals surface area contributed by atoms with Crippen LogP contribution in [0.5, 0.6) is 5.75 Å². The van der Waals surface area contributed by atoms with E-state index in [0.29, 0.717) is 42.1 Å². The summed E-state index contributed by atoms with van der Waals surface area (Å²) in [6, 6.07) is 4.18. The number of amides is 2. The van der Waals surface area contributed by atoms with Crippen molar-refractivity contribution in [2.75, 3.05) is 39.5 Å². The zero-order valence-corrected chi connectivity index (χ0v) is 22.7. The molecule has 1 saturated heterocycles. The number of rotatable bonds is 13. The maximum Gasteiger partial charge on any atom is 0.308 e. The van der Waals surface area contributed by atoms with Crippen molar-refractivity contribution in [1.29, 1.82) is 0 Å². The number of carbonyl (C=O) groups excluding carboxylic acids is 3. The average molecular weight is 573 g/mol. The third-order valence-electron chi connectivity index (χ3n) is 5.32. The van der Waals surface area contributed by atoms with Gasteiger partial charge in [0.2, 0.25) is 5.91 Å². The number of halogens is 1. The highest BCUT2D eigenvalue weighted by molar-refractivity contribution is 9.10. The minimum absolute atomic E-state index is 0.0735. The van der Waals surface area contributed by atoms with E-state index in [1.807, 2.05) is 6.92 Å². The number of piperazine rings is 1. The summed E-state index contributed by atoms with van der Waals surface area (Å²) in [6.45, 7) is 6.24. The summed E-state index contributed by atoms with van der Waals surface area (Å²) < 4.78 is 16.7. The molecule has 1 fully saturated rings. The lowest BCUT2D eigenvalue weighted by molar-refractivity contribution is -0.148. The maximum absolute atomic E-state index is 12.8. The second kappa shape index (κ2) is 15.7. The van der Waals surface area contributed by atoms with Crippen molar-refractivity contribution in [3.8, 4) is 5.75 Å². The van der Waals surface area contributed by atoms with Gasteiger partial charge in [0.15, 0.2) is 5.11 Å². The molecule has 0 saturated carbocycles. The molecule has 194 valence electrons. The molecule has 0 spiro atoms. The first-order valence-electron chi connectivity index (χ1n) is 11.9. The van der Waals surface area contributed by atoms with Crippen molar-refractivity contribution >= 4 is 51.0 Å². The van der Waals surface area contributed by atoms with E-state index >= 15 is 0 Å². The fraction of sp³-hybridized carbons (Fsp3) is 0.583. The summed E-state index contributed by atoms with van der Waals surface area (Å²) >= 11 is 8.87. The molecule has 0 aromatic heterocycles. The largest absolute Gasteiger partial charge is 0.492 e. The first-order chi connectivity index (χ1) is 16.9. The van der Waals surface area contributed by atoms with Crippen LogP contribution >= 0.6 is 28.1 Å². The Morgan fingerprint density at radius 2 is 2.00 bits per heavy atom. The molecule has 2 amide bonds. The minimum Gasteiger partial charge on any atom is -0.492 e. The molecule has 1 heterocycles. The van der Waals surface area contributed by atoms with Crippen LogP contribution in [0.3, 0.4) is 0 Å². The monoisotopic (exact) mass is 571 g/mol. The Balaban J connectivity index is 1.94. The van der Waals surface area contributed by atoms with E-state index in [1.54, 1.807) is 23.1 Å². The summed E-state index contributed by atoms with van der Waals surface area (Å²) in [5, 5.41) is 5.46. The highest BCUT2D eigenvalue weighted by Crippen LogP contribution is 2.26. The Kier molecular flexibility index (Phi) is 13.0. The summed E-state index contributed by atoms with van der Waals surface area (Å²) in [6.07, 6.45) is 4.24. The van der Waals surface area contributed by atoms with E-state index < -0.39 is 17.9 Å². The Bertz CT molecular complexity index is 885. The quantitative estimate of drug-likeness (QED) is 0.211. The molecule has 0 aliphatic carbocycles. The molecule has 35 heavy (non-hydrogen) atoms. The Labute approximate surface area is 220 Å². The molecule has 11 heteroatoms. The predicted octanol–water partition coefficient (Wildman–Crippen LogP) is 3.19. The van der Waals surface area contributed by atoms with Crippen LogP contribution in [0.25, 0.3) is 0 Å². The first-order valence-corrected chi connectivity index (χ1v) is 13.1. The molecule has 1 aliphatic heterocycles. The Morgan fingerprint density at radius 1 is 1.20 bits per heavy atom. The Morgan fingerprint density at radius 3 is 2.71 bits per heavy atom. The van der Waals surface area contributed by atoms with Gasteiger partial charge in [0.25, 0.3) is 5.91 Å². The number of thiocarbonyl (C=S) groups is 1. The lowest BCUT2D eigenvalue weighted by atomic mass is 10.1. The molecular weight excluding hydrogens is 538 g/mol. The topological polar surface area (TPSA) is 106 Å². The van der Waals surface area contributed by atoms with Crippen LogP contribution in [0, 0.1) is 0 Å². The highest BCUT2D eigenvalue weighted by atomic mass is 79.9. The second-order valence-electron chi connectivity index (χ2n) is 7.94. The van der Waals surface area contributed by atoms with Crippen LogP contribution in [-0.2, 0) is 19.1 Å². The lowest BCUT2D eigenvalue weighted by Gasteiger charge is -2.36. The number of carbonyl (C=O) groups is 3. The molecular formula is C24H34BrN3O6S. The number of esters is 1. The van der Waals surface area contributed by atoms with E-state index in [0.717, 1.165) is 19.3 Å². The van der Waals surface area contributed by atoms with E-state index in [1.165, 1.54) is 6.42 Å². The van der Waals surface area contributed by atoms with Crippen molar-refractivity contribution in [2.24, 2.45) is 0 Å². The zero-order chi connectivity index (χ0) is 25.6. The molecule has 0 radical (unpaired) electrons. The summed E-state index contributed by atoms with van der Waals surface area (Å²) in [7, 11) is 0. The number of hydrogen-bond donors (Lipinski definition) is 2. The number of benzene rings is 1. The molecule has 0 bridgehead atoms. The van der Waals surface area contributed by atoms with Gasteiger partial charge in [-0.25, -0.2) is 0 Å². The molecule has 1 atom stereocenters. The molecule has 1 aliphatic rings.